The molecule has 2 fully saturated rings. The van der Waals surface area contributed by atoms with Gasteiger partial charge in [0.05, 0.1) is 6.10 Å². The minimum atomic E-state index is 0.454. The van der Waals surface area contributed by atoms with Crippen LogP contribution in [0.2, 0.25) is 5.02 Å². The zero-order chi connectivity index (χ0) is 12.4. The average Bonchev–Trinajstić information content (AvgIpc) is 2.80. The van der Waals surface area contributed by atoms with Crippen LogP contribution in [0.5, 0.6) is 0 Å². The Morgan fingerprint density at radius 3 is 2.67 bits per heavy atom. The molecule has 1 aromatic carbocycles. The second kappa shape index (κ2) is 5.60. The van der Waals surface area contributed by atoms with Crippen LogP contribution in [0.3, 0.4) is 0 Å². The molecule has 3 rings (SSSR count). The molecule has 1 aromatic rings. The summed E-state index contributed by atoms with van der Waals surface area (Å²) in [6.07, 6.45) is 7.86. The summed E-state index contributed by atoms with van der Waals surface area (Å²) in [6, 6.07) is 8.75. The number of hydroxylamine groups is 1. The van der Waals surface area contributed by atoms with Crippen molar-refractivity contribution in [3.8, 4) is 0 Å². The van der Waals surface area contributed by atoms with Crippen LogP contribution in [0.25, 0.3) is 0 Å². The molecule has 0 unspecified atom stereocenters. The Hall–Kier alpha value is -0.570. The fraction of sp³-hybridized carbons (Fsp3) is 0.600. The first kappa shape index (κ1) is 12.5. The zero-order valence-electron chi connectivity index (χ0n) is 10.6. The Labute approximate surface area is 114 Å². The Balaban J connectivity index is 1.42. The Morgan fingerprint density at radius 2 is 1.94 bits per heavy atom. The molecule has 2 saturated carbocycles. The highest BCUT2D eigenvalue weighted by atomic mass is 35.5. The van der Waals surface area contributed by atoms with Gasteiger partial charge < -0.3 is 0 Å². The van der Waals surface area contributed by atoms with Gasteiger partial charge in [-0.05, 0) is 49.3 Å². The van der Waals surface area contributed by atoms with E-state index < -0.39 is 0 Å². The predicted molar refractivity (Wildman–Crippen MR) is 73.7 cm³/mol. The van der Waals surface area contributed by atoms with Gasteiger partial charge >= 0.3 is 0 Å². The molecule has 0 aliphatic heterocycles. The monoisotopic (exact) mass is 265 g/mol. The van der Waals surface area contributed by atoms with Crippen molar-refractivity contribution >= 4 is 11.6 Å². The molecule has 2 nitrogen and oxygen atoms in total. The van der Waals surface area contributed by atoms with E-state index in [2.05, 4.69) is 17.6 Å². The largest absolute Gasteiger partial charge is 0.298 e. The van der Waals surface area contributed by atoms with Gasteiger partial charge in [-0.1, -0.05) is 36.6 Å². The first-order chi connectivity index (χ1) is 8.81. The van der Waals surface area contributed by atoms with Crippen LogP contribution in [-0.4, -0.2) is 12.1 Å². The highest BCUT2D eigenvalue weighted by Crippen LogP contribution is 2.37. The van der Waals surface area contributed by atoms with Crippen LogP contribution in [0.4, 0.5) is 0 Å². The van der Waals surface area contributed by atoms with E-state index in [1.807, 2.05) is 12.1 Å². The Kier molecular flexibility index (Phi) is 3.88. The summed E-state index contributed by atoms with van der Waals surface area (Å²) >= 11 is 6.01. The van der Waals surface area contributed by atoms with E-state index in [9.17, 15) is 0 Å². The van der Waals surface area contributed by atoms with Crippen molar-refractivity contribution in [1.82, 2.24) is 5.48 Å². The molecule has 0 aromatic heterocycles. The van der Waals surface area contributed by atoms with Gasteiger partial charge in [0.1, 0.15) is 0 Å². The fourth-order valence-electron chi connectivity index (χ4n) is 2.95. The minimum absolute atomic E-state index is 0.454. The maximum absolute atomic E-state index is 6.01. The lowest BCUT2D eigenvalue weighted by molar-refractivity contribution is -0.0575. The molecule has 0 heterocycles. The lowest BCUT2D eigenvalue weighted by Gasteiger charge is -2.36. The van der Waals surface area contributed by atoms with Gasteiger partial charge in [0, 0.05) is 11.1 Å². The number of halogens is 1. The van der Waals surface area contributed by atoms with Crippen LogP contribution in [0.1, 0.15) is 50.0 Å². The summed E-state index contributed by atoms with van der Waals surface area (Å²) in [4.78, 5) is 5.74. The Morgan fingerprint density at radius 1 is 1.17 bits per heavy atom. The van der Waals surface area contributed by atoms with Crippen LogP contribution < -0.4 is 5.48 Å². The number of hydrogen-bond donors (Lipinski definition) is 1. The molecular formula is C15H20ClNO. The molecule has 0 amide bonds. The van der Waals surface area contributed by atoms with Crippen molar-refractivity contribution in [1.29, 1.82) is 0 Å². The lowest BCUT2D eigenvalue weighted by atomic mass is 9.76. The molecule has 0 bridgehead atoms. The quantitative estimate of drug-likeness (QED) is 0.830. The summed E-state index contributed by atoms with van der Waals surface area (Å²) in [5, 5.41) is 0.839. The molecule has 0 radical (unpaired) electrons. The van der Waals surface area contributed by atoms with E-state index in [4.69, 9.17) is 16.4 Å². The smallest absolute Gasteiger partial charge is 0.0790 e. The first-order valence-corrected chi connectivity index (χ1v) is 7.35. The van der Waals surface area contributed by atoms with Gasteiger partial charge in [0.25, 0.3) is 0 Å². The third kappa shape index (κ3) is 2.87. The third-order valence-electron chi connectivity index (χ3n) is 4.16. The van der Waals surface area contributed by atoms with Crippen LogP contribution >= 0.6 is 11.6 Å². The first-order valence-electron chi connectivity index (χ1n) is 6.98. The lowest BCUT2D eigenvalue weighted by Crippen LogP contribution is -2.41. The molecule has 1 N–H and O–H groups in total. The van der Waals surface area contributed by atoms with Crippen molar-refractivity contribution < 1.29 is 4.84 Å². The molecule has 0 spiro atoms. The maximum atomic E-state index is 6.01. The number of benzene rings is 1. The molecule has 18 heavy (non-hydrogen) atoms. The molecule has 0 saturated heterocycles. The van der Waals surface area contributed by atoms with Crippen molar-refractivity contribution in [3.63, 3.8) is 0 Å². The van der Waals surface area contributed by atoms with Gasteiger partial charge in [-0.2, -0.15) is 5.48 Å². The fourth-order valence-corrected chi connectivity index (χ4v) is 3.14. The number of rotatable bonds is 4. The SMILES string of the molecule is Clc1cccc(C2CC(NOC3CCCC3)C2)c1. The van der Waals surface area contributed by atoms with E-state index >= 15 is 0 Å². The second-order valence-electron chi connectivity index (χ2n) is 5.56. The van der Waals surface area contributed by atoms with Gasteiger partial charge in [-0.15, -0.1) is 0 Å². The third-order valence-corrected chi connectivity index (χ3v) is 4.40. The summed E-state index contributed by atoms with van der Waals surface area (Å²) in [6.45, 7) is 0. The number of nitrogens with one attached hydrogen (secondary N) is 1. The van der Waals surface area contributed by atoms with E-state index in [1.165, 1.54) is 31.2 Å². The van der Waals surface area contributed by atoms with Gasteiger partial charge in [-0.25, -0.2) is 0 Å². The summed E-state index contributed by atoms with van der Waals surface area (Å²) in [5.74, 6) is 0.647. The molecule has 0 atom stereocenters. The molecule has 2 aliphatic rings. The maximum Gasteiger partial charge on any atom is 0.0790 e. The predicted octanol–water partition coefficient (Wildman–Crippen LogP) is 4.05. The summed E-state index contributed by atoms with van der Waals surface area (Å²) in [5.41, 5.74) is 4.60. The van der Waals surface area contributed by atoms with Gasteiger partial charge in [-0.3, -0.25) is 4.84 Å². The zero-order valence-corrected chi connectivity index (χ0v) is 11.3. The number of hydrogen-bond acceptors (Lipinski definition) is 2. The highest BCUT2D eigenvalue weighted by molar-refractivity contribution is 6.30. The van der Waals surface area contributed by atoms with Crippen LogP contribution in [0, 0.1) is 0 Å². The van der Waals surface area contributed by atoms with Crippen LogP contribution in [-0.2, 0) is 4.84 Å². The topological polar surface area (TPSA) is 21.3 Å². The van der Waals surface area contributed by atoms with Crippen molar-refractivity contribution in [2.75, 3.05) is 0 Å². The van der Waals surface area contributed by atoms with Crippen molar-refractivity contribution in [3.05, 3.63) is 34.9 Å². The Bertz CT molecular complexity index is 397. The second-order valence-corrected chi connectivity index (χ2v) is 6.00. The van der Waals surface area contributed by atoms with Crippen LogP contribution in [0.15, 0.2) is 24.3 Å². The average molecular weight is 266 g/mol. The van der Waals surface area contributed by atoms with E-state index in [1.54, 1.807) is 0 Å². The standard InChI is InChI=1S/C15H20ClNO/c16-13-5-3-4-11(8-13)12-9-14(10-12)17-18-15-6-1-2-7-15/h3-5,8,12,14-15,17H,1-2,6-7,9-10H2. The molecule has 2 aliphatic carbocycles. The van der Waals surface area contributed by atoms with Gasteiger partial charge in [0.2, 0.25) is 0 Å². The molecular weight excluding hydrogens is 246 g/mol. The van der Waals surface area contributed by atoms with Gasteiger partial charge in [0.15, 0.2) is 0 Å². The summed E-state index contributed by atoms with van der Waals surface area (Å²) < 4.78 is 0. The highest BCUT2D eigenvalue weighted by Gasteiger charge is 2.31. The van der Waals surface area contributed by atoms with Crippen molar-refractivity contribution in [2.24, 2.45) is 0 Å². The van der Waals surface area contributed by atoms with E-state index in [-0.39, 0.29) is 0 Å². The summed E-state index contributed by atoms with van der Waals surface area (Å²) in [7, 11) is 0. The molecule has 98 valence electrons. The van der Waals surface area contributed by atoms with Crippen molar-refractivity contribution in [2.45, 2.75) is 56.6 Å². The van der Waals surface area contributed by atoms with E-state index in [0.29, 0.717) is 18.1 Å². The normalized spacial score (nSPS) is 28.3. The minimum Gasteiger partial charge on any atom is -0.298 e. The van der Waals surface area contributed by atoms with E-state index in [0.717, 1.165) is 17.9 Å². The molecule has 3 heteroatoms.